The van der Waals surface area contributed by atoms with Gasteiger partial charge < -0.3 is 9.16 Å². The van der Waals surface area contributed by atoms with Gasteiger partial charge in [-0.05, 0) is 114 Å². The molecule has 0 amide bonds. The van der Waals surface area contributed by atoms with Crippen LogP contribution in [0.25, 0.3) is 11.0 Å². The average molecular weight is 579 g/mol. The smallest absolute Gasteiger partial charge is 0.313 e. The normalized spacial score (nSPS) is 15.8. The van der Waals surface area contributed by atoms with E-state index in [0.29, 0.717) is 12.5 Å². The quantitative estimate of drug-likeness (QED) is 0.190. The van der Waals surface area contributed by atoms with Gasteiger partial charge in [0.05, 0.1) is 23.2 Å². The lowest BCUT2D eigenvalue weighted by atomic mass is 9.71. The van der Waals surface area contributed by atoms with Crippen molar-refractivity contribution in [1.82, 2.24) is 20.0 Å². The molecule has 0 N–H and O–H groups in total. The number of hydrogen-bond donors (Lipinski definition) is 0. The van der Waals surface area contributed by atoms with E-state index in [-0.39, 0.29) is 16.9 Å². The van der Waals surface area contributed by atoms with Crippen LogP contribution in [0.4, 0.5) is 0 Å². The fourth-order valence-corrected chi connectivity index (χ4v) is 5.91. The van der Waals surface area contributed by atoms with Crippen molar-refractivity contribution >= 4 is 25.3 Å². The molecule has 1 aliphatic carbocycles. The molecule has 0 bridgehead atoms. The fourth-order valence-electron chi connectivity index (χ4n) is 4.98. The van der Waals surface area contributed by atoms with Crippen LogP contribution in [0, 0.1) is 25.2 Å². The van der Waals surface area contributed by atoms with Crippen molar-refractivity contribution < 1.29 is 14.0 Å². The van der Waals surface area contributed by atoms with Crippen LogP contribution in [0.3, 0.4) is 0 Å². The molecule has 8 heteroatoms. The number of aromatic nitrogens is 4. The number of esters is 1. The molecule has 1 unspecified atom stereocenters. The lowest BCUT2D eigenvalue weighted by Gasteiger charge is -2.37. The largest absolute Gasteiger partial charge is 0.460 e. The Bertz CT molecular complexity index is 1420. The van der Waals surface area contributed by atoms with Crippen LogP contribution in [-0.4, -0.2) is 39.9 Å². The van der Waals surface area contributed by atoms with Gasteiger partial charge in [0, 0.05) is 18.2 Å². The maximum Gasteiger partial charge on any atom is 0.313 e. The van der Waals surface area contributed by atoms with Crippen LogP contribution >= 0.6 is 0 Å². The zero-order valence-corrected chi connectivity index (χ0v) is 28.3. The van der Waals surface area contributed by atoms with Gasteiger partial charge in [-0.3, -0.25) is 9.78 Å². The molecule has 1 saturated carbocycles. The minimum atomic E-state index is -1.98. The van der Waals surface area contributed by atoms with Gasteiger partial charge in [0.1, 0.15) is 11.1 Å². The number of ether oxygens (including phenoxy) is 1. The maximum atomic E-state index is 13.8. The molecule has 7 nitrogen and oxygen atoms in total. The Labute approximate surface area is 247 Å². The third-order valence-electron chi connectivity index (χ3n) is 8.96. The number of carbonyl (C=O) groups is 1. The molecule has 0 saturated heterocycles. The third kappa shape index (κ3) is 6.74. The number of pyridine rings is 1. The van der Waals surface area contributed by atoms with Crippen molar-refractivity contribution in [3.05, 3.63) is 52.3 Å². The second-order valence-electron chi connectivity index (χ2n) is 15.1. The van der Waals surface area contributed by atoms with Crippen LogP contribution in [0.15, 0.2) is 24.3 Å². The molecule has 0 aliphatic heterocycles. The minimum absolute atomic E-state index is 0.100. The highest BCUT2D eigenvalue weighted by molar-refractivity contribution is 6.74. The van der Waals surface area contributed by atoms with Crippen molar-refractivity contribution in [2.45, 2.75) is 125 Å². The average Bonchev–Trinajstić information content (AvgIpc) is 3.56. The number of aryl methyl sites for hydroxylation is 2. The number of benzene rings is 1. The molecule has 224 valence electrons. The number of rotatable bonds is 9. The van der Waals surface area contributed by atoms with Crippen molar-refractivity contribution in [3.63, 3.8) is 0 Å². The molecule has 1 fully saturated rings. The van der Waals surface area contributed by atoms with E-state index in [1.165, 1.54) is 12.8 Å². The van der Waals surface area contributed by atoms with E-state index in [0.717, 1.165) is 45.7 Å². The topological polar surface area (TPSA) is 79.1 Å². The minimum Gasteiger partial charge on any atom is -0.460 e. The summed E-state index contributed by atoms with van der Waals surface area (Å²) in [5, 5.41) is 9.19. The summed E-state index contributed by atoms with van der Waals surface area (Å²) in [5.41, 5.74) is 5.25. The monoisotopic (exact) mass is 578 g/mol. The first-order chi connectivity index (χ1) is 18.8. The number of fused-ring (bicyclic) bond motifs is 1. The molecule has 0 radical (unpaired) electrons. The summed E-state index contributed by atoms with van der Waals surface area (Å²) in [6, 6.07) is 8.39. The van der Waals surface area contributed by atoms with Gasteiger partial charge in [0.25, 0.3) is 0 Å². The van der Waals surface area contributed by atoms with E-state index in [4.69, 9.17) is 14.1 Å². The van der Waals surface area contributed by atoms with Gasteiger partial charge in [-0.2, -0.15) is 0 Å². The summed E-state index contributed by atoms with van der Waals surface area (Å²) in [6.45, 7) is 26.4. The highest BCUT2D eigenvalue weighted by Crippen LogP contribution is 2.45. The first-order valence-corrected chi connectivity index (χ1v) is 17.9. The Kier molecular flexibility index (Phi) is 8.35. The summed E-state index contributed by atoms with van der Waals surface area (Å²) in [6.07, 6.45) is 2.51. The molecule has 2 aromatic heterocycles. The highest BCUT2D eigenvalue weighted by Gasteiger charge is 2.44. The Morgan fingerprint density at radius 3 is 2.27 bits per heavy atom. The molecule has 41 heavy (non-hydrogen) atoms. The molecule has 3 aromatic rings. The molecule has 4 rings (SSSR count). The summed E-state index contributed by atoms with van der Waals surface area (Å²) >= 11 is 0. The predicted molar refractivity (Wildman–Crippen MR) is 167 cm³/mol. The zero-order chi connectivity index (χ0) is 30.5. The zero-order valence-electron chi connectivity index (χ0n) is 27.3. The van der Waals surface area contributed by atoms with Crippen LogP contribution in [0.1, 0.15) is 102 Å². The highest BCUT2D eigenvalue weighted by atomic mass is 28.4. The van der Waals surface area contributed by atoms with Crippen LogP contribution < -0.4 is 0 Å². The molecule has 0 spiro atoms. The predicted octanol–water partition coefficient (Wildman–Crippen LogP) is 7.87. The summed E-state index contributed by atoms with van der Waals surface area (Å²) in [5.74, 6) is 0.0818. The number of carbonyl (C=O) groups excluding carboxylic acids is 1. The molecule has 1 aromatic carbocycles. The Balaban J connectivity index is 1.81. The van der Waals surface area contributed by atoms with E-state index in [9.17, 15) is 4.79 Å². The Hall–Kier alpha value is -2.58. The number of hydrogen-bond acceptors (Lipinski definition) is 6. The Morgan fingerprint density at radius 1 is 1.02 bits per heavy atom. The fraction of sp³-hybridized carbons (Fsp3) is 0.636. The van der Waals surface area contributed by atoms with Crippen molar-refractivity contribution in [2.75, 3.05) is 0 Å². The molecule has 1 aliphatic rings. The summed E-state index contributed by atoms with van der Waals surface area (Å²) in [4.78, 5) is 19.0. The van der Waals surface area contributed by atoms with E-state index in [1.807, 2.05) is 39.3 Å². The maximum absolute atomic E-state index is 13.8. The van der Waals surface area contributed by atoms with E-state index in [1.54, 1.807) is 0 Å². The number of nitrogens with zero attached hydrogens (tertiary/aromatic N) is 4. The first-order valence-electron chi connectivity index (χ1n) is 15.0. The Morgan fingerprint density at radius 2 is 1.68 bits per heavy atom. The standard InChI is InChI=1S/C33H50N4O3Si/c1-21-13-17-25(34-26(21)20-39-41(11,12)32(6,7)8)28(33(9,10)30(38)40-31(3,4)5)24-16-18-27-29(22(24)2)35-36-37(27)19-23-14-15-23/h13,16-18,23,28H,14-15,19-20H2,1-12H3. The van der Waals surface area contributed by atoms with Gasteiger partial charge in [0.2, 0.25) is 0 Å². The summed E-state index contributed by atoms with van der Waals surface area (Å²) in [7, 11) is -1.98. The third-order valence-corrected chi connectivity index (χ3v) is 13.4. The van der Waals surface area contributed by atoms with Gasteiger partial charge in [-0.15, -0.1) is 5.10 Å². The van der Waals surface area contributed by atoms with Crippen molar-refractivity contribution in [3.8, 4) is 0 Å². The van der Waals surface area contributed by atoms with Crippen molar-refractivity contribution in [1.29, 1.82) is 0 Å². The van der Waals surface area contributed by atoms with Gasteiger partial charge in [-0.1, -0.05) is 38.1 Å². The van der Waals surface area contributed by atoms with Crippen LogP contribution in [0.5, 0.6) is 0 Å². The molecular weight excluding hydrogens is 528 g/mol. The van der Waals surface area contributed by atoms with Gasteiger partial charge >= 0.3 is 5.97 Å². The molecule has 1 atom stereocenters. The second kappa shape index (κ2) is 10.9. The summed E-state index contributed by atoms with van der Waals surface area (Å²) < 4.78 is 14.6. The van der Waals surface area contributed by atoms with Gasteiger partial charge in [0.15, 0.2) is 8.32 Å². The van der Waals surface area contributed by atoms with Gasteiger partial charge in [-0.25, -0.2) is 4.68 Å². The molecule has 2 heterocycles. The lowest BCUT2D eigenvalue weighted by molar-refractivity contribution is -0.166. The lowest BCUT2D eigenvalue weighted by Crippen LogP contribution is -2.40. The van der Waals surface area contributed by atoms with E-state index in [2.05, 4.69) is 82.3 Å². The van der Waals surface area contributed by atoms with E-state index < -0.39 is 19.3 Å². The first kappa shape index (κ1) is 31.4. The second-order valence-corrected chi connectivity index (χ2v) is 19.9. The van der Waals surface area contributed by atoms with E-state index >= 15 is 0 Å². The van der Waals surface area contributed by atoms with Crippen LogP contribution in [-0.2, 0) is 27.1 Å². The van der Waals surface area contributed by atoms with Crippen LogP contribution in [0.2, 0.25) is 18.1 Å². The molecular formula is C33H50N4O3Si. The SMILES string of the molecule is Cc1ccc(C(c2ccc3c(nnn3CC3CC3)c2C)C(C)(C)C(=O)OC(C)(C)C)nc1CO[Si](C)(C)C(C)(C)C. The van der Waals surface area contributed by atoms with Crippen molar-refractivity contribution in [2.24, 2.45) is 11.3 Å².